The molecule has 0 bridgehead atoms. The molecular weight excluding hydrogens is 214 g/mol. The fraction of sp³-hybridized carbons (Fsp3) is 0.571. The summed E-state index contributed by atoms with van der Waals surface area (Å²) in [5.74, 6) is 1.60. The summed E-state index contributed by atoms with van der Waals surface area (Å²) in [4.78, 5) is 0. The maximum atomic E-state index is 6.00. The molecule has 1 saturated carbocycles. The Hall–Kier alpha value is -1.22. The molecule has 17 heavy (non-hydrogen) atoms. The second-order valence-electron chi connectivity index (χ2n) is 5.39. The van der Waals surface area contributed by atoms with E-state index < -0.39 is 0 Å². The molecule has 1 aliphatic carbocycles. The normalized spacial score (nSPS) is 25.5. The van der Waals surface area contributed by atoms with E-state index in [-0.39, 0.29) is 10.8 Å². The zero-order valence-corrected chi connectivity index (χ0v) is 11.0. The van der Waals surface area contributed by atoms with Crippen molar-refractivity contribution in [1.29, 1.82) is 0 Å². The molecule has 3 nitrogen and oxygen atoms in total. The van der Waals surface area contributed by atoms with E-state index in [1.807, 2.05) is 12.1 Å². The lowest BCUT2D eigenvalue weighted by molar-refractivity contribution is 0.345. The summed E-state index contributed by atoms with van der Waals surface area (Å²) in [6, 6.07) is 6.02. The zero-order chi connectivity index (χ0) is 12.7. The van der Waals surface area contributed by atoms with Crippen LogP contribution in [-0.4, -0.2) is 20.8 Å². The van der Waals surface area contributed by atoms with Gasteiger partial charge in [-0.15, -0.1) is 0 Å². The Kier molecular flexibility index (Phi) is 2.82. The Morgan fingerprint density at radius 1 is 1.24 bits per heavy atom. The predicted molar refractivity (Wildman–Crippen MR) is 68.7 cm³/mol. The predicted octanol–water partition coefficient (Wildman–Crippen LogP) is 2.33. The second-order valence-corrected chi connectivity index (χ2v) is 5.39. The molecule has 2 rings (SSSR count). The van der Waals surface area contributed by atoms with Crippen LogP contribution in [0, 0.1) is 5.41 Å². The molecule has 1 aliphatic rings. The van der Waals surface area contributed by atoms with E-state index in [2.05, 4.69) is 19.9 Å². The molecule has 0 heterocycles. The lowest BCUT2D eigenvalue weighted by Crippen LogP contribution is -2.26. The molecule has 0 spiro atoms. The summed E-state index contributed by atoms with van der Waals surface area (Å²) in [7, 11) is 3.34. The third-order valence-corrected chi connectivity index (χ3v) is 4.18. The van der Waals surface area contributed by atoms with Crippen LogP contribution in [-0.2, 0) is 5.41 Å². The van der Waals surface area contributed by atoms with Gasteiger partial charge >= 0.3 is 0 Å². The smallest absolute Gasteiger partial charge is 0.164 e. The molecule has 0 aliphatic heterocycles. The van der Waals surface area contributed by atoms with Gasteiger partial charge in [0, 0.05) is 17.5 Å². The molecule has 1 aromatic carbocycles. The van der Waals surface area contributed by atoms with Gasteiger partial charge in [0.1, 0.15) is 0 Å². The number of rotatable bonds is 4. The van der Waals surface area contributed by atoms with Gasteiger partial charge in [0.25, 0.3) is 0 Å². The van der Waals surface area contributed by atoms with Crippen LogP contribution in [0.4, 0.5) is 0 Å². The average Bonchev–Trinajstić information content (AvgIpc) is 2.91. The second kappa shape index (κ2) is 3.91. The number of hydrogen-bond acceptors (Lipinski definition) is 3. The van der Waals surface area contributed by atoms with E-state index >= 15 is 0 Å². The first-order valence-corrected chi connectivity index (χ1v) is 5.94. The number of para-hydroxylation sites is 1. The van der Waals surface area contributed by atoms with Crippen LogP contribution in [0.15, 0.2) is 18.2 Å². The Bertz CT molecular complexity index is 428. The van der Waals surface area contributed by atoms with E-state index in [4.69, 9.17) is 15.2 Å². The molecular formula is C14H21NO2. The highest BCUT2D eigenvalue weighted by Gasteiger charge is 2.62. The quantitative estimate of drug-likeness (QED) is 0.871. The van der Waals surface area contributed by atoms with Crippen molar-refractivity contribution >= 4 is 0 Å². The Labute approximate surface area is 103 Å². The summed E-state index contributed by atoms with van der Waals surface area (Å²) >= 11 is 0. The molecule has 1 atom stereocenters. The Morgan fingerprint density at radius 2 is 1.88 bits per heavy atom. The fourth-order valence-electron chi connectivity index (χ4n) is 2.89. The summed E-state index contributed by atoms with van der Waals surface area (Å²) in [5, 5.41) is 0. The van der Waals surface area contributed by atoms with E-state index in [0.717, 1.165) is 17.9 Å². The highest BCUT2D eigenvalue weighted by atomic mass is 16.5. The van der Waals surface area contributed by atoms with Crippen molar-refractivity contribution in [2.24, 2.45) is 11.1 Å². The van der Waals surface area contributed by atoms with E-state index in [9.17, 15) is 0 Å². The lowest BCUT2D eigenvalue weighted by Gasteiger charge is -2.22. The highest BCUT2D eigenvalue weighted by Crippen LogP contribution is 2.65. The third-order valence-electron chi connectivity index (χ3n) is 4.18. The third kappa shape index (κ3) is 1.61. The van der Waals surface area contributed by atoms with Crippen molar-refractivity contribution in [3.63, 3.8) is 0 Å². The fourth-order valence-corrected chi connectivity index (χ4v) is 2.89. The van der Waals surface area contributed by atoms with Crippen LogP contribution in [0.5, 0.6) is 11.5 Å². The Balaban J connectivity index is 2.53. The van der Waals surface area contributed by atoms with Crippen molar-refractivity contribution in [3.8, 4) is 11.5 Å². The lowest BCUT2D eigenvalue weighted by atomic mass is 9.87. The number of nitrogens with two attached hydrogens (primary N) is 1. The minimum atomic E-state index is 0.0346. The molecule has 1 aromatic rings. The highest BCUT2D eigenvalue weighted by molar-refractivity contribution is 5.54. The van der Waals surface area contributed by atoms with Crippen LogP contribution < -0.4 is 15.2 Å². The number of benzene rings is 1. The molecule has 0 aromatic heterocycles. The summed E-state index contributed by atoms with van der Waals surface area (Å²) in [6.45, 7) is 5.14. The first-order chi connectivity index (χ1) is 8.02. The first kappa shape index (κ1) is 12.2. The molecule has 0 saturated heterocycles. The zero-order valence-electron chi connectivity index (χ0n) is 11.0. The van der Waals surface area contributed by atoms with Gasteiger partial charge in [-0.1, -0.05) is 26.0 Å². The number of hydrogen-bond donors (Lipinski definition) is 1. The molecule has 2 N–H and O–H groups in total. The van der Waals surface area contributed by atoms with Crippen molar-refractivity contribution in [2.75, 3.05) is 20.8 Å². The largest absolute Gasteiger partial charge is 0.493 e. The van der Waals surface area contributed by atoms with E-state index in [0.29, 0.717) is 6.54 Å². The summed E-state index contributed by atoms with van der Waals surface area (Å²) in [5.41, 5.74) is 7.44. The van der Waals surface area contributed by atoms with Gasteiger partial charge in [-0.05, 0) is 17.9 Å². The number of ether oxygens (including phenoxy) is 2. The topological polar surface area (TPSA) is 44.5 Å². The van der Waals surface area contributed by atoms with Crippen molar-refractivity contribution in [1.82, 2.24) is 0 Å². The van der Waals surface area contributed by atoms with Gasteiger partial charge in [-0.25, -0.2) is 0 Å². The average molecular weight is 235 g/mol. The molecule has 0 amide bonds. The SMILES string of the molecule is COc1cccc(C2(CN)CC2(C)C)c1OC. The van der Waals surface area contributed by atoms with Gasteiger partial charge in [-0.3, -0.25) is 0 Å². The number of methoxy groups -OCH3 is 2. The molecule has 1 fully saturated rings. The van der Waals surface area contributed by atoms with Crippen LogP contribution >= 0.6 is 0 Å². The minimum absolute atomic E-state index is 0.0346. The maximum Gasteiger partial charge on any atom is 0.164 e. The summed E-state index contributed by atoms with van der Waals surface area (Å²) in [6.07, 6.45) is 1.10. The van der Waals surface area contributed by atoms with Gasteiger partial charge in [-0.2, -0.15) is 0 Å². The van der Waals surface area contributed by atoms with Crippen molar-refractivity contribution in [3.05, 3.63) is 23.8 Å². The molecule has 1 unspecified atom stereocenters. The van der Waals surface area contributed by atoms with Crippen molar-refractivity contribution < 1.29 is 9.47 Å². The van der Waals surface area contributed by atoms with Gasteiger partial charge in [0.2, 0.25) is 0 Å². The molecule has 3 heteroatoms. The van der Waals surface area contributed by atoms with Crippen LogP contribution in [0.2, 0.25) is 0 Å². The van der Waals surface area contributed by atoms with E-state index in [1.165, 1.54) is 5.56 Å². The standard InChI is InChI=1S/C14H21NO2/c1-13(2)8-14(13,9-15)10-6-5-7-11(16-3)12(10)17-4/h5-7H,8-9,15H2,1-4H3. The minimum Gasteiger partial charge on any atom is -0.493 e. The van der Waals surface area contributed by atoms with Crippen LogP contribution in [0.1, 0.15) is 25.8 Å². The molecule has 94 valence electrons. The molecule has 0 radical (unpaired) electrons. The maximum absolute atomic E-state index is 6.00. The summed E-state index contributed by atoms with van der Waals surface area (Å²) < 4.78 is 10.9. The van der Waals surface area contributed by atoms with Crippen LogP contribution in [0.3, 0.4) is 0 Å². The van der Waals surface area contributed by atoms with Crippen LogP contribution in [0.25, 0.3) is 0 Å². The van der Waals surface area contributed by atoms with Crippen molar-refractivity contribution in [2.45, 2.75) is 25.7 Å². The van der Waals surface area contributed by atoms with Gasteiger partial charge in [0.05, 0.1) is 14.2 Å². The Morgan fingerprint density at radius 3 is 2.29 bits per heavy atom. The van der Waals surface area contributed by atoms with Gasteiger partial charge in [0.15, 0.2) is 11.5 Å². The first-order valence-electron chi connectivity index (χ1n) is 5.94. The van der Waals surface area contributed by atoms with Gasteiger partial charge < -0.3 is 15.2 Å². The van der Waals surface area contributed by atoms with E-state index in [1.54, 1.807) is 14.2 Å². The monoisotopic (exact) mass is 235 g/mol.